The van der Waals surface area contributed by atoms with Crippen molar-refractivity contribution in [1.82, 2.24) is 9.97 Å². The number of nitrogens with two attached hydrogens (primary N) is 1. The highest BCUT2D eigenvalue weighted by molar-refractivity contribution is 9.10. The predicted molar refractivity (Wildman–Crippen MR) is 101 cm³/mol. The molecule has 0 saturated carbocycles. The van der Waals surface area contributed by atoms with Crippen molar-refractivity contribution in [2.24, 2.45) is 5.73 Å². The van der Waals surface area contributed by atoms with Crippen molar-refractivity contribution in [2.75, 3.05) is 6.54 Å². The van der Waals surface area contributed by atoms with Gasteiger partial charge in [-0.3, -0.25) is 4.98 Å². The minimum Gasteiger partial charge on any atom is -0.354 e. The van der Waals surface area contributed by atoms with Gasteiger partial charge in [0, 0.05) is 27.8 Å². The Hall–Kier alpha value is -1.36. The third-order valence-corrected chi connectivity index (χ3v) is 4.84. The molecule has 23 heavy (non-hydrogen) atoms. The number of H-pyrrole nitrogens is 1. The van der Waals surface area contributed by atoms with Crippen LogP contribution in [-0.4, -0.2) is 16.5 Å². The lowest BCUT2D eigenvalue weighted by Gasteiger charge is -2.06. The van der Waals surface area contributed by atoms with E-state index in [1.165, 1.54) is 11.1 Å². The average Bonchev–Trinajstić information content (AvgIpc) is 2.92. The van der Waals surface area contributed by atoms with Crippen LogP contribution in [0.25, 0.3) is 22.2 Å². The average molecular weight is 393 g/mol. The van der Waals surface area contributed by atoms with Crippen molar-refractivity contribution in [1.29, 1.82) is 0 Å². The van der Waals surface area contributed by atoms with Gasteiger partial charge in [-0.15, -0.1) is 0 Å². The van der Waals surface area contributed by atoms with Crippen molar-refractivity contribution in [3.8, 4) is 11.3 Å². The number of nitrogens with zero attached hydrogens (tertiary/aromatic N) is 1. The van der Waals surface area contributed by atoms with Crippen LogP contribution in [-0.2, 0) is 6.42 Å². The monoisotopic (exact) mass is 391 g/mol. The number of benzene rings is 1. The highest BCUT2D eigenvalue weighted by Crippen LogP contribution is 2.37. The van der Waals surface area contributed by atoms with Gasteiger partial charge in [0.05, 0.1) is 16.2 Å². The summed E-state index contributed by atoms with van der Waals surface area (Å²) >= 11 is 10.0. The van der Waals surface area contributed by atoms with E-state index in [0.717, 1.165) is 50.9 Å². The second kappa shape index (κ2) is 7.04. The van der Waals surface area contributed by atoms with Gasteiger partial charge in [-0.2, -0.15) is 0 Å². The molecule has 5 heteroatoms. The van der Waals surface area contributed by atoms with Crippen molar-refractivity contribution in [3.63, 3.8) is 0 Å². The molecule has 0 fully saturated rings. The zero-order valence-corrected chi connectivity index (χ0v) is 15.3. The predicted octanol–water partition coefficient (Wildman–Crippen LogP) is 5.24. The van der Waals surface area contributed by atoms with Gasteiger partial charge < -0.3 is 10.7 Å². The number of hydrogen-bond donors (Lipinski definition) is 2. The van der Waals surface area contributed by atoms with Crippen LogP contribution in [0.2, 0.25) is 5.02 Å². The zero-order chi connectivity index (χ0) is 16.4. The number of nitrogens with one attached hydrogen (secondary N) is 1. The van der Waals surface area contributed by atoms with E-state index in [9.17, 15) is 0 Å². The maximum absolute atomic E-state index is 6.51. The number of halogens is 2. The number of pyridine rings is 1. The van der Waals surface area contributed by atoms with Gasteiger partial charge in [0.2, 0.25) is 0 Å². The Morgan fingerprint density at radius 3 is 2.83 bits per heavy atom. The first-order valence-electron chi connectivity index (χ1n) is 7.72. The smallest absolute Gasteiger partial charge is 0.0513 e. The zero-order valence-electron chi connectivity index (χ0n) is 13.0. The molecule has 0 aliphatic carbocycles. The molecule has 0 radical (unpaired) electrons. The lowest BCUT2D eigenvalue weighted by molar-refractivity contribution is 0.748. The van der Waals surface area contributed by atoms with Crippen LogP contribution in [0.4, 0.5) is 0 Å². The quantitative estimate of drug-likeness (QED) is 0.584. The first kappa shape index (κ1) is 16.5. The minimum atomic E-state index is 0.711. The van der Waals surface area contributed by atoms with Crippen molar-refractivity contribution < 1.29 is 0 Å². The molecule has 0 unspecified atom stereocenters. The molecule has 3 rings (SSSR count). The van der Waals surface area contributed by atoms with Gasteiger partial charge in [0.25, 0.3) is 0 Å². The Labute approximate surface area is 149 Å². The van der Waals surface area contributed by atoms with Crippen LogP contribution >= 0.6 is 27.5 Å². The number of rotatable bonds is 5. The second-order valence-corrected chi connectivity index (χ2v) is 7.05. The van der Waals surface area contributed by atoms with Gasteiger partial charge in [0.15, 0.2) is 0 Å². The van der Waals surface area contributed by atoms with Gasteiger partial charge in [-0.25, -0.2) is 0 Å². The van der Waals surface area contributed by atoms with Crippen molar-refractivity contribution in [2.45, 2.75) is 26.2 Å². The largest absolute Gasteiger partial charge is 0.354 e. The molecule has 0 bridgehead atoms. The van der Waals surface area contributed by atoms with E-state index < -0.39 is 0 Å². The van der Waals surface area contributed by atoms with Crippen LogP contribution in [0.3, 0.4) is 0 Å². The third kappa shape index (κ3) is 3.30. The van der Waals surface area contributed by atoms with Gasteiger partial charge in [0.1, 0.15) is 0 Å². The van der Waals surface area contributed by atoms with Crippen LogP contribution in [0.15, 0.2) is 35.1 Å². The number of unbranched alkanes of at least 4 members (excludes halogenated alkanes) is 1. The summed E-state index contributed by atoms with van der Waals surface area (Å²) < 4.78 is 0.962. The topological polar surface area (TPSA) is 54.7 Å². The molecule has 0 amide bonds. The summed E-state index contributed by atoms with van der Waals surface area (Å²) in [7, 11) is 0. The molecular weight excluding hydrogens is 374 g/mol. The Balaban J connectivity index is 2.21. The molecule has 2 heterocycles. The van der Waals surface area contributed by atoms with Gasteiger partial charge >= 0.3 is 0 Å². The number of fused-ring (bicyclic) bond motifs is 1. The summed E-state index contributed by atoms with van der Waals surface area (Å²) in [6, 6.07) is 6.10. The summed E-state index contributed by atoms with van der Waals surface area (Å²) in [6.07, 6.45) is 6.67. The van der Waals surface area contributed by atoms with E-state index in [0.29, 0.717) is 6.54 Å². The van der Waals surface area contributed by atoms with E-state index in [4.69, 9.17) is 17.3 Å². The van der Waals surface area contributed by atoms with E-state index >= 15 is 0 Å². The number of aromatic nitrogens is 2. The lowest BCUT2D eigenvalue weighted by Crippen LogP contribution is -1.99. The molecule has 0 atom stereocenters. The SMILES string of the molecule is Cc1ccc(Cl)c2c(CCCCN)c(-c3cncc(Br)c3)[nH]c12. The molecule has 120 valence electrons. The van der Waals surface area contributed by atoms with Crippen LogP contribution in [0, 0.1) is 6.92 Å². The third-order valence-electron chi connectivity index (χ3n) is 4.09. The molecule has 0 saturated heterocycles. The maximum atomic E-state index is 6.51. The second-order valence-electron chi connectivity index (χ2n) is 5.73. The fourth-order valence-corrected chi connectivity index (χ4v) is 3.59. The fourth-order valence-electron chi connectivity index (χ4n) is 2.95. The van der Waals surface area contributed by atoms with Gasteiger partial charge in [-0.1, -0.05) is 17.7 Å². The summed E-state index contributed by atoms with van der Waals surface area (Å²) in [6.45, 7) is 2.81. The van der Waals surface area contributed by atoms with E-state index in [1.54, 1.807) is 6.20 Å². The molecule has 0 aliphatic rings. The van der Waals surface area contributed by atoms with E-state index in [-0.39, 0.29) is 0 Å². The van der Waals surface area contributed by atoms with Gasteiger partial charge in [-0.05, 0) is 71.9 Å². The molecular formula is C18H19BrClN3. The molecule has 0 spiro atoms. The highest BCUT2D eigenvalue weighted by atomic mass is 79.9. The van der Waals surface area contributed by atoms with Crippen molar-refractivity contribution >= 4 is 38.4 Å². The standard InChI is InChI=1S/C18H19BrClN3/c1-11-5-6-15(20)16-14(4-2-3-7-21)18(23-17(11)16)12-8-13(19)10-22-9-12/h5-6,8-10,23H,2-4,7,21H2,1H3. The summed E-state index contributed by atoms with van der Waals surface area (Å²) in [5, 5.41) is 1.91. The number of aryl methyl sites for hydroxylation is 2. The summed E-state index contributed by atoms with van der Waals surface area (Å²) in [5.41, 5.74) is 11.4. The molecule has 3 aromatic rings. The Morgan fingerprint density at radius 2 is 2.09 bits per heavy atom. The maximum Gasteiger partial charge on any atom is 0.0513 e. The molecule has 1 aromatic carbocycles. The number of hydrogen-bond acceptors (Lipinski definition) is 2. The van der Waals surface area contributed by atoms with Crippen molar-refractivity contribution in [3.05, 3.63) is 51.2 Å². The molecule has 3 N–H and O–H groups in total. The first-order chi connectivity index (χ1) is 11.1. The Morgan fingerprint density at radius 1 is 1.26 bits per heavy atom. The fraction of sp³-hybridized carbons (Fsp3) is 0.278. The van der Waals surface area contributed by atoms with E-state index in [1.807, 2.05) is 18.3 Å². The highest BCUT2D eigenvalue weighted by Gasteiger charge is 2.17. The lowest BCUT2D eigenvalue weighted by atomic mass is 10.0. The normalized spacial score (nSPS) is 11.3. The Bertz CT molecular complexity index is 842. The summed E-state index contributed by atoms with van der Waals surface area (Å²) in [4.78, 5) is 7.86. The number of aromatic amines is 1. The van der Waals surface area contributed by atoms with Crippen LogP contribution in [0.1, 0.15) is 24.0 Å². The van der Waals surface area contributed by atoms with Crippen LogP contribution in [0.5, 0.6) is 0 Å². The minimum absolute atomic E-state index is 0.711. The summed E-state index contributed by atoms with van der Waals surface area (Å²) in [5.74, 6) is 0. The molecule has 0 aliphatic heterocycles. The molecule has 2 aromatic heterocycles. The Kier molecular flexibility index (Phi) is 5.05. The van der Waals surface area contributed by atoms with Crippen LogP contribution < -0.4 is 5.73 Å². The van der Waals surface area contributed by atoms with E-state index in [2.05, 4.69) is 38.9 Å². The first-order valence-corrected chi connectivity index (χ1v) is 8.89. The molecule has 3 nitrogen and oxygen atoms in total.